The highest BCUT2D eigenvalue weighted by Crippen LogP contribution is 2.17. The Balaban J connectivity index is 1.71. The molecule has 0 saturated carbocycles. The molecule has 3 nitrogen and oxygen atoms in total. The molecule has 2 rings (SSSR count). The van der Waals surface area contributed by atoms with Gasteiger partial charge in [0.05, 0.1) is 18.2 Å². The quantitative estimate of drug-likeness (QED) is 0.611. The van der Waals surface area contributed by atoms with E-state index in [-0.39, 0.29) is 0 Å². The van der Waals surface area contributed by atoms with Crippen LogP contribution in [0, 0.1) is 0 Å². The predicted molar refractivity (Wildman–Crippen MR) is 67.2 cm³/mol. The molecule has 0 radical (unpaired) electrons. The maximum atomic E-state index is 5.82. The maximum absolute atomic E-state index is 5.82. The van der Waals surface area contributed by atoms with E-state index in [0.717, 1.165) is 43.6 Å². The minimum atomic E-state index is 0.566. The Morgan fingerprint density at radius 1 is 1.38 bits per heavy atom. The molecule has 1 aliphatic heterocycles. The van der Waals surface area contributed by atoms with Gasteiger partial charge in [-0.05, 0) is 12.1 Å². The molecular formula is C11H15ClN2OS. The highest BCUT2D eigenvalue weighted by molar-refractivity contribution is 7.99. The summed E-state index contributed by atoms with van der Waals surface area (Å²) < 4.78 is 5.30. The van der Waals surface area contributed by atoms with E-state index in [1.54, 1.807) is 17.8 Å². The van der Waals surface area contributed by atoms with Gasteiger partial charge in [-0.25, -0.2) is 4.98 Å². The van der Waals surface area contributed by atoms with Gasteiger partial charge in [-0.1, -0.05) is 17.7 Å². The minimum absolute atomic E-state index is 0.566. The first-order valence-electron chi connectivity index (χ1n) is 5.40. The van der Waals surface area contributed by atoms with E-state index in [1.165, 1.54) is 0 Å². The Morgan fingerprint density at radius 3 is 2.94 bits per heavy atom. The summed E-state index contributed by atoms with van der Waals surface area (Å²) in [5.74, 6) is 1.05. The Bertz CT molecular complexity index is 332. The normalized spacial score (nSPS) is 17.6. The van der Waals surface area contributed by atoms with Crippen molar-refractivity contribution in [2.24, 2.45) is 0 Å². The van der Waals surface area contributed by atoms with E-state index in [9.17, 15) is 0 Å². The molecule has 0 N–H and O–H groups in total. The lowest BCUT2D eigenvalue weighted by molar-refractivity contribution is 0.0410. The number of pyridine rings is 1. The second kappa shape index (κ2) is 6.45. The highest BCUT2D eigenvalue weighted by Gasteiger charge is 2.09. The first kappa shape index (κ1) is 12.2. The molecule has 88 valence electrons. The largest absolute Gasteiger partial charge is 0.379 e. The van der Waals surface area contributed by atoms with E-state index in [4.69, 9.17) is 16.3 Å². The van der Waals surface area contributed by atoms with Crippen LogP contribution >= 0.6 is 23.4 Å². The number of halogens is 1. The number of hydrogen-bond acceptors (Lipinski definition) is 4. The van der Waals surface area contributed by atoms with Gasteiger partial charge in [-0.3, -0.25) is 4.90 Å². The van der Waals surface area contributed by atoms with Crippen molar-refractivity contribution in [2.75, 3.05) is 38.6 Å². The first-order valence-corrected chi connectivity index (χ1v) is 6.76. The van der Waals surface area contributed by atoms with Crippen molar-refractivity contribution in [1.82, 2.24) is 9.88 Å². The van der Waals surface area contributed by atoms with Gasteiger partial charge in [-0.15, -0.1) is 11.8 Å². The molecule has 0 bridgehead atoms. The molecule has 1 saturated heterocycles. The molecule has 5 heteroatoms. The van der Waals surface area contributed by atoms with Crippen molar-refractivity contribution >= 4 is 23.4 Å². The number of thioether (sulfide) groups is 1. The van der Waals surface area contributed by atoms with Gasteiger partial charge in [0, 0.05) is 25.4 Å². The van der Waals surface area contributed by atoms with Gasteiger partial charge in [0.25, 0.3) is 0 Å². The molecule has 1 aromatic heterocycles. The van der Waals surface area contributed by atoms with Gasteiger partial charge in [0.2, 0.25) is 0 Å². The van der Waals surface area contributed by atoms with Gasteiger partial charge in [-0.2, -0.15) is 0 Å². The van der Waals surface area contributed by atoms with Crippen LogP contribution in [-0.2, 0) is 4.74 Å². The average Bonchev–Trinajstić information content (AvgIpc) is 2.30. The Hall–Kier alpha value is -0.290. The molecule has 16 heavy (non-hydrogen) atoms. The smallest absolute Gasteiger partial charge is 0.130 e. The van der Waals surface area contributed by atoms with Crippen LogP contribution in [0.15, 0.2) is 23.2 Å². The summed E-state index contributed by atoms with van der Waals surface area (Å²) in [5.41, 5.74) is 0. The molecule has 0 amide bonds. The Labute approximate surface area is 105 Å². The number of ether oxygens (including phenoxy) is 1. The third kappa shape index (κ3) is 3.94. The fourth-order valence-corrected chi connectivity index (χ4v) is 2.68. The van der Waals surface area contributed by atoms with Crippen LogP contribution in [0.5, 0.6) is 0 Å². The fourth-order valence-electron chi connectivity index (χ4n) is 1.57. The minimum Gasteiger partial charge on any atom is -0.379 e. The zero-order valence-corrected chi connectivity index (χ0v) is 10.6. The third-order valence-electron chi connectivity index (χ3n) is 2.45. The molecule has 0 aliphatic carbocycles. The van der Waals surface area contributed by atoms with Crippen LogP contribution in [0.2, 0.25) is 5.15 Å². The van der Waals surface area contributed by atoms with Crippen molar-refractivity contribution in [3.05, 3.63) is 23.4 Å². The lowest BCUT2D eigenvalue weighted by Gasteiger charge is -2.26. The molecule has 0 unspecified atom stereocenters. The topological polar surface area (TPSA) is 25.4 Å². The van der Waals surface area contributed by atoms with Crippen LogP contribution in [0.3, 0.4) is 0 Å². The lowest BCUT2D eigenvalue weighted by Crippen LogP contribution is -2.37. The summed E-state index contributed by atoms with van der Waals surface area (Å²) >= 11 is 7.57. The second-order valence-electron chi connectivity index (χ2n) is 3.60. The van der Waals surface area contributed by atoms with Gasteiger partial charge < -0.3 is 4.74 Å². The van der Waals surface area contributed by atoms with Crippen LogP contribution in [0.4, 0.5) is 0 Å². The average molecular weight is 259 g/mol. The molecule has 0 atom stereocenters. The first-order chi connectivity index (χ1) is 7.84. The van der Waals surface area contributed by atoms with Crippen LogP contribution in [0.25, 0.3) is 0 Å². The summed E-state index contributed by atoms with van der Waals surface area (Å²) in [6.45, 7) is 4.90. The van der Waals surface area contributed by atoms with Crippen molar-refractivity contribution in [2.45, 2.75) is 5.03 Å². The summed E-state index contributed by atoms with van der Waals surface area (Å²) in [6, 6.07) is 5.73. The third-order valence-corrected chi connectivity index (χ3v) is 3.57. The molecule has 1 fully saturated rings. The summed E-state index contributed by atoms with van der Waals surface area (Å²) in [4.78, 5) is 6.66. The van der Waals surface area contributed by atoms with Gasteiger partial charge >= 0.3 is 0 Å². The number of nitrogens with zero attached hydrogens (tertiary/aromatic N) is 2. The van der Waals surface area contributed by atoms with Crippen molar-refractivity contribution in [1.29, 1.82) is 0 Å². The molecule has 0 spiro atoms. The highest BCUT2D eigenvalue weighted by atomic mass is 35.5. The van der Waals surface area contributed by atoms with E-state index < -0.39 is 0 Å². The van der Waals surface area contributed by atoms with Crippen LogP contribution in [-0.4, -0.2) is 48.5 Å². The number of hydrogen-bond donors (Lipinski definition) is 0. The SMILES string of the molecule is Clc1cccc(SCCN2CCOCC2)n1. The Morgan fingerprint density at radius 2 is 2.19 bits per heavy atom. The fraction of sp³-hybridized carbons (Fsp3) is 0.545. The summed E-state index contributed by atoms with van der Waals surface area (Å²) in [5, 5.41) is 1.57. The van der Waals surface area contributed by atoms with Crippen molar-refractivity contribution < 1.29 is 4.74 Å². The van der Waals surface area contributed by atoms with E-state index in [2.05, 4.69) is 9.88 Å². The predicted octanol–water partition coefficient (Wildman–Crippen LogP) is 2.16. The van der Waals surface area contributed by atoms with E-state index in [0.29, 0.717) is 5.15 Å². The van der Waals surface area contributed by atoms with Gasteiger partial charge in [0.15, 0.2) is 0 Å². The van der Waals surface area contributed by atoms with Crippen LogP contribution in [0.1, 0.15) is 0 Å². The maximum Gasteiger partial charge on any atom is 0.130 e. The Kier molecular flexibility index (Phi) is 4.91. The molecule has 1 aliphatic rings. The number of rotatable bonds is 4. The van der Waals surface area contributed by atoms with E-state index >= 15 is 0 Å². The molecule has 2 heterocycles. The summed E-state index contributed by atoms with van der Waals surface area (Å²) in [6.07, 6.45) is 0. The lowest BCUT2D eigenvalue weighted by atomic mass is 10.4. The molecule has 1 aromatic rings. The second-order valence-corrected chi connectivity index (χ2v) is 5.10. The number of morpholine rings is 1. The summed E-state index contributed by atoms with van der Waals surface area (Å²) in [7, 11) is 0. The zero-order valence-electron chi connectivity index (χ0n) is 9.06. The van der Waals surface area contributed by atoms with Crippen molar-refractivity contribution in [3.8, 4) is 0 Å². The molecule has 0 aromatic carbocycles. The number of aromatic nitrogens is 1. The monoisotopic (exact) mass is 258 g/mol. The molecular weight excluding hydrogens is 244 g/mol. The van der Waals surface area contributed by atoms with E-state index in [1.807, 2.05) is 12.1 Å². The standard InChI is InChI=1S/C11H15ClN2OS/c12-10-2-1-3-11(13-10)16-9-6-14-4-7-15-8-5-14/h1-3H,4-9H2. The van der Waals surface area contributed by atoms with Crippen LogP contribution < -0.4 is 0 Å². The van der Waals surface area contributed by atoms with Crippen molar-refractivity contribution in [3.63, 3.8) is 0 Å². The van der Waals surface area contributed by atoms with Gasteiger partial charge in [0.1, 0.15) is 5.15 Å². The zero-order chi connectivity index (χ0) is 11.2.